The van der Waals surface area contributed by atoms with Crippen molar-refractivity contribution in [2.24, 2.45) is 0 Å². The minimum atomic E-state index is -3.72. The van der Waals surface area contributed by atoms with Crippen molar-refractivity contribution in [2.45, 2.75) is 11.8 Å². The molecule has 1 aromatic carbocycles. The van der Waals surface area contributed by atoms with E-state index >= 15 is 0 Å². The van der Waals surface area contributed by atoms with Crippen LogP contribution in [0, 0.1) is 6.92 Å². The molecule has 0 aliphatic heterocycles. The Morgan fingerprint density at radius 3 is 2.43 bits per heavy atom. The van der Waals surface area contributed by atoms with Gasteiger partial charge in [-0.05, 0) is 30.7 Å². The van der Waals surface area contributed by atoms with E-state index in [1.807, 2.05) is 32.0 Å². The number of H-pyrrole nitrogens is 1. The van der Waals surface area contributed by atoms with Gasteiger partial charge in [-0.25, -0.2) is 8.42 Å². The van der Waals surface area contributed by atoms with Gasteiger partial charge in [-0.2, -0.15) is 0 Å². The summed E-state index contributed by atoms with van der Waals surface area (Å²) in [6.45, 7) is 1.95. The number of nitrogens with zero attached hydrogens (tertiary/aromatic N) is 1. The van der Waals surface area contributed by atoms with Gasteiger partial charge >= 0.3 is 0 Å². The Labute approximate surface area is 123 Å². The van der Waals surface area contributed by atoms with Gasteiger partial charge in [0.25, 0.3) is 10.0 Å². The lowest BCUT2D eigenvalue weighted by atomic mass is 10.2. The highest BCUT2D eigenvalue weighted by atomic mass is 32.2. The number of aromatic nitrogens is 1. The van der Waals surface area contributed by atoms with E-state index in [0.29, 0.717) is 5.69 Å². The fourth-order valence-electron chi connectivity index (χ4n) is 1.93. The molecule has 0 bridgehead atoms. The molecule has 0 amide bonds. The molecule has 0 saturated heterocycles. The number of pyridine rings is 1. The van der Waals surface area contributed by atoms with Crippen molar-refractivity contribution >= 4 is 21.4 Å². The summed E-state index contributed by atoms with van der Waals surface area (Å²) in [5, 5.41) is 0. The molecule has 1 aromatic heterocycles. The average Bonchev–Trinajstić information content (AvgIpc) is 2.41. The second-order valence-corrected chi connectivity index (χ2v) is 6.57. The van der Waals surface area contributed by atoms with Crippen LogP contribution in [0.1, 0.15) is 5.56 Å². The third-order valence-corrected chi connectivity index (χ3v) is 4.39. The zero-order valence-electron chi connectivity index (χ0n) is 12.0. The van der Waals surface area contributed by atoms with Gasteiger partial charge in [-0.3, -0.25) is 9.52 Å². The second-order valence-electron chi connectivity index (χ2n) is 4.89. The van der Waals surface area contributed by atoms with Gasteiger partial charge < -0.3 is 9.88 Å². The second kappa shape index (κ2) is 5.61. The van der Waals surface area contributed by atoms with E-state index in [1.54, 1.807) is 12.1 Å². The molecule has 2 rings (SSSR count). The van der Waals surface area contributed by atoms with Crippen molar-refractivity contribution < 1.29 is 8.42 Å². The summed E-state index contributed by atoms with van der Waals surface area (Å²) in [6, 6.07) is 7.75. The molecule has 0 radical (unpaired) electrons. The van der Waals surface area contributed by atoms with Crippen LogP contribution in [0.15, 0.2) is 46.2 Å². The molecule has 0 aliphatic carbocycles. The molecule has 0 atom stereocenters. The van der Waals surface area contributed by atoms with Crippen molar-refractivity contribution in [2.75, 3.05) is 23.7 Å². The van der Waals surface area contributed by atoms with Gasteiger partial charge in [0.05, 0.1) is 5.69 Å². The summed E-state index contributed by atoms with van der Waals surface area (Å²) in [7, 11) is 0.0588. The van der Waals surface area contributed by atoms with Gasteiger partial charge in [0.15, 0.2) is 0 Å². The average molecular weight is 307 g/mol. The molecular weight excluding hydrogens is 290 g/mol. The van der Waals surface area contributed by atoms with Crippen LogP contribution < -0.4 is 15.2 Å². The Morgan fingerprint density at radius 1 is 1.14 bits per heavy atom. The summed E-state index contributed by atoms with van der Waals surface area (Å²) in [6.07, 6.45) is 1.17. The summed E-state index contributed by atoms with van der Waals surface area (Å²) in [5.74, 6) is 0. The van der Waals surface area contributed by atoms with E-state index in [9.17, 15) is 13.2 Å². The van der Waals surface area contributed by atoms with Gasteiger partial charge in [0.2, 0.25) is 5.56 Å². The van der Waals surface area contributed by atoms with Crippen LogP contribution in [-0.2, 0) is 10.0 Å². The Kier molecular flexibility index (Phi) is 4.04. The van der Waals surface area contributed by atoms with Crippen molar-refractivity contribution in [1.29, 1.82) is 0 Å². The first-order chi connectivity index (χ1) is 9.79. The number of sulfonamides is 1. The molecule has 0 fully saturated rings. The van der Waals surface area contributed by atoms with E-state index in [4.69, 9.17) is 0 Å². The minimum absolute atomic E-state index is 0.00841. The maximum atomic E-state index is 12.2. The predicted octanol–water partition coefficient (Wildman–Crippen LogP) is 1.55. The van der Waals surface area contributed by atoms with E-state index in [1.165, 1.54) is 18.3 Å². The SMILES string of the molecule is Cc1ccc(NS(=O)(=O)c2ccc(=O)[nH]c2)cc1N(C)C. The molecule has 112 valence electrons. The number of hydrogen-bond donors (Lipinski definition) is 2. The van der Waals surface area contributed by atoms with Crippen LogP contribution in [0.4, 0.5) is 11.4 Å². The number of anilines is 2. The third kappa shape index (κ3) is 3.43. The number of aryl methyl sites for hydroxylation is 1. The van der Waals surface area contributed by atoms with E-state index in [2.05, 4.69) is 9.71 Å². The predicted molar refractivity (Wildman–Crippen MR) is 83.4 cm³/mol. The monoisotopic (exact) mass is 307 g/mol. The first-order valence-corrected chi connectivity index (χ1v) is 7.77. The highest BCUT2D eigenvalue weighted by Crippen LogP contribution is 2.24. The highest BCUT2D eigenvalue weighted by Gasteiger charge is 2.15. The van der Waals surface area contributed by atoms with Crippen LogP contribution >= 0.6 is 0 Å². The van der Waals surface area contributed by atoms with Crippen LogP contribution in [-0.4, -0.2) is 27.5 Å². The Morgan fingerprint density at radius 2 is 1.86 bits per heavy atom. The Balaban J connectivity index is 2.35. The fourth-order valence-corrected chi connectivity index (χ4v) is 2.95. The molecule has 7 heteroatoms. The normalized spacial score (nSPS) is 11.2. The number of hydrogen-bond acceptors (Lipinski definition) is 4. The van der Waals surface area contributed by atoms with Crippen LogP contribution in [0.3, 0.4) is 0 Å². The standard InChI is InChI=1S/C14H17N3O3S/c1-10-4-5-11(8-13(10)17(2)3)16-21(19,20)12-6-7-14(18)15-9-12/h4-9,16H,1-3H3,(H,15,18). The number of aromatic amines is 1. The quantitative estimate of drug-likeness (QED) is 0.898. The first kappa shape index (κ1) is 15.1. The van der Waals surface area contributed by atoms with Gasteiger partial charge in [0, 0.05) is 32.0 Å². The van der Waals surface area contributed by atoms with Gasteiger partial charge in [-0.1, -0.05) is 6.07 Å². The van der Waals surface area contributed by atoms with E-state index < -0.39 is 10.0 Å². The molecule has 2 aromatic rings. The van der Waals surface area contributed by atoms with Crippen molar-refractivity contribution in [3.8, 4) is 0 Å². The summed E-state index contributed by atoms with van der Waals surface area (Å²) < 4.78 is 27.0. The Bertz CT molecular complexity index is 790. The van der Waals surface area contributed by atoms with Gasteiger partial charge in [0.1, 0.15) is 4.90 Å². The zero-order valence-corrected chi connectivity index (χ0v) is 12.9. The van der Waals surface area contributed by atoms with E-state index in [0.717, 1.165) is 11.3 Å². The van der Waals surface area contributed by atoms with Crippen LogP contribution in [0.5, 0.6) is 0 Å². The molecule has 6 nitrogen and oxygen atoms in total. The smallest absolute Gasteiger partial charge is 0.263 e. The topological polar surface area (TPSA) is 82.3 Å². The van der Waals surface area contributed by atoms with E-state index in [-0.39, 0.29) is 10.5 Å². The first-order valence-electron chi connectivity index (χ1n) is 6.29. The minimum Gasteiger partial charge on any atom is -0.377 e. The van der Waals surface area contributed by atoms with Gasteiger partial charge in [-0.15, -0.1) is 0 Å². The number of rotatable bonds is 4. The molecule has 0 saturated carbocycles. The number of nitrogens with one attached hydrogen (secondary N) is 2. The summed E-state index contributed by atoms with van der Waals surface area (Å²) >= 11 is 0. The molecule has 1 heterocycles. The lowest BCUT2D eigenvalue weighted by molar-refractivity contribution is 0.600. The molecular formula is C14H17N3O3S. The lowest BCUT2D eigenvalue weighted by Gasteiger charge is -2.17. The highest BCUT2D eigenvalue weighted by molar-refractivity contribution is 7.92. The largest absolute Gasteiger partial charge is 0.377 e. The maximum Gasteiger partial charge on any atom is 0.263 e. The van der Waals surface area contributed by atoms with Crippen molar-refractivity contribution in [3.63, 3.8) is 0 Å². The van der Waals surface area contributed by atoms with Crippen molar-refractivity contribution in [1.82, 2.24) is 4.98 Å². The van der Waals surface area contributed by atoms with Crippen LogP contribution in [0.2, 0.25) is 0 Å². The van der Waals surface area contributed by atoms with Crippen LogP contribution in [0.25, 0.3) is 0 Å². The molecule has 0 aliphatic rings. The zero-order chi connectivity index (χ0) is 15.6. The summed E-state index contributed by atoms with van der Waals surface area (Å²) in [5.41, 5.74) is 2.10. The molecule has 0 spiro atoms. The molecule has 21 heavy (non-hydrogen) atoms. The Hall–Kier alpha value is -2.28. The summed E-state index contributed by atoms with van der Waals surface area (Å²) in [4.78, 5) is 15.3. The lowest BCUT2D eigenvalue weighted by Crippen LogP contribution is -2.16. The fraction of sp³-hybridized carbons (Fsp3) is 0.214. The number of benzene rings is 1. The maximum absolute atomic E-state index is 12.2. The molecule has 0 unspecified atom stereocenters. The van der Waals surface area contributed by atoms with Crippen molar-refractivity contribution in [3.05, 3.63) is 52.4 Å². The third-order valence-electron chi connectivity index (χ3n) is 3.01. The molecule has 2 N–H and O–H groups in total.